The third kappa shape index (κ3) is 7.16. The van der Waals surface area contributed by atoms with Crippen LogP contribution < -0.4 is 0 Å². The van der Waals surface area contributed by atoms with Crippen molar-refractivity contribution < 1.29 is 19.1 Å². The average Bonchev–Trinajstić information content (AvgIpc) is 2.09. The molecule has 0 aromatic rings. The molecule has 106 valence electrons. The van der Waals surface area contributed by atoms with E-state index >= 15 is 0 Å². The van der Waals surface area contributed by atoms with Crippen LogP contribution in [0, 0.1) is 0 Å². The van der Waals surface area contributed by atoms with E-state index in [4.69, 9.17) is 9.47 Å². The zero-order valence-corrected chi connectivity index (χ0v) is 13.5. The van der Waals surface area contributed by atoms with E-state index in [2.05, 4.69) is 25.3 Å². The highest BCUT2D eigenvalue weighted by atomic mass is 32.1. The van der Waals surface area contributed by atoms with Gasteiger partial charge < -0.3 is 9.47 Å². The third-order valence-electron chi connectivity index (χ3n) is 1.60. The molecule has 0 amide bonds. The van der Waals surface area contributed by atoms with Gasteiger partial charge in [0.2, 0.25) is 0 Å². The highest BCUT2D eigenvalue weighted by Gasteiger charge is 2.34. The van der Waals surface area contributed by atoms with E-state index in [0.717, 1.165) is 0 Å². The fraction of sp³-hybridized carbons (Fsp3) is 0.833. The Balaban J connectivity index is 4.55. The van der Waals surface area contributed by atoms with Crippen molar-refractivity contribution in [3.8, 4) is 0 Å². The third-order valence-corrected chi connectivity index (χ3v) is 2.85. The molecular weight excluding hydrogens is 272 g/mol. The first kappa shape index (κ1) is 17.6. The summed E-state index contributed by atoms with van der Waals surface area (Å²) in [7, 11) is 0. The Morgan fingerprint density at radius 2 is 1.00 bits per heavy atom. The smallest absolute Gasteiger partial charge is 0.321 e. The number of esters is 2. The molecule has 0 rings (SSSR count). The molecular formula is C12H22O4S2. The minimum absolute atomic E-state index is 0.586. The lowest BCUT2D eigenvalue weighted by Crippen LogP contribution is -2.40. The molecule has 0 aromatic carbocycles. The molecule has 0 fully saturated rings. The molecule has 0 spiro atoms. The van der Waals surface area contributed by atoms with Gasteiger partial charge in [-0.05, 0) is 41.5 Å². The fourth-order valence-corrected chi connectivity index (χ4v) is 1.33. The first-order valence-corrected chi connectivity index (χ1v) is 6.68. The number of rotatable bonds is 3. The highest BCUT2D eigenvalue weighted by molar-refractivity contribution is 7.86. The standard InChI is InChI=1S/C12H22O4S2/c1-11(2,3)15-9(13)7(17)8(18)10(14)16-12(4,5)6/h7-8,17-18H,1-6H3. The number of hydrogen-bond donors (Lipinski definition) is 2. The van der Waals surface area contributed by atoms with Gasteiger partial charge in [0.15, 0.2) is 0 Å². The van der Waals surface area contributed by atoms with Gasteiger partial charge in [0.1, 0.15) is 21.7 Å². The van der Waals surface area contributed by atoms with Crippen molar-refractivity contribution in [3.05, 3.63) is 0 Å². The SMILES string of the molecule is CC(C)(C)OC(=O)C(S)C(S)C(=O)OC(C)(C)C. The number of carbonyl (C=O) groups excluding carboxylic acids is 2. The second-order valence-electron chi connectivity index (χ2n) is 5.96. The largest absolute Gasteiger partial charge is 0.459 e. The second kappa shape index (κ2) is 6.19. The number of thiol groups is 2. The summed E-state index contributed by atoms with van der Waals surface area (Å²) in [5.41, 5.74) is -1.25. The van der Waals surface area contributed by atoms with Crippen LogP contribution in [0.2, 0.25) is 0 Å². The van der Waals surface area contributed by atoms with Crippen LogP contribution in [0.4, 0.5) is 0 Å². The quantitative estimate of drug-likeness (QED) is 0.619. The van der Waals surface area contributed by atoms with Crippen LogP contribution in [0.1, 0.15) is 41.5 Å². The maximum Gasteiger partial charge on any atom is 0.321 e. The molecule has 2 atom stereocenters. The van der Waals surface area contributed by atoms with Crippen molar-refractivity contribution in [2.45, 2.75) is 63.2 Å². The predicted octanol–water partition coefficient (Wildman–Crippen LogP) is 2.27. The van der Waals surface area contributed by atoms with Crippen molar-refractivity contribution in [1.82, 2.24) is 0 Å². The fourth-order valence-electron chi connectivity index (χ4n) is 0.982. The Morgan fingerprint density at radius 1 is 0.778 bits per heavy atom. The Bertz CT molecular complexity index is 283. The summed E-state index contributed by atoms with van der Waals surface area (Å²) in [5.74, 6) is -1.17. The van der Waals surface area contributed by atoms with E-state index in [-0.39, 0.29) is 0 Å². The van der Waals surface area contributed by atoms with Gasteiger partial charge in [0.25, 0.3) is 0 Å². The summed E-state index contributed by atoms with van der Waals surface area (Å²) in [6.45, 7) is 10.5. The van der Waals surface area contributed by atoms with Crippen molar-refractivity contribution in [2.24, 2.45) is 0 Å². The Labute approximate surface area is 120 Å². The first-order chi connectivity index (χ1) is 7.83. The lowest BCUT2D eigenvalue weighted by Gasteiger charge is -2.26. The van der Waals surface area contributed by atoms with Crippen LogP contribution in [0.3, 0.4) is 0 Å². The summed E-state index contributed by atoms with van der Waals surface area (Å²) < 4.78 is 10.3. The van der Waals surface area contributed by atoms with Gasteiger partial charge in [-0.1, -0.05) is 0 Å². The monoisotopic (exact) mass is 294 g/mol. The lowest BCUT2D eigenvalue weighted by atomic mass is 10.2. The Kier molecular flexibility index (Phi) is 6.07. The molecule has 0 aliphatic carbocycles. The van der Waals surface area contributed by atoms with E-state index in [1.807, 2.05) is 0 Å². The summed E-state index contributed by atoms with van der Waals surface area (Å²) >= 11 is 8.14. The van der Waals surface area contributed by atoms with Crippen molar-refractivity contribution in [1.29, 1.82) is 0 Å². The Morgan fingerprint density at radius 3 is 1.17 bits per heavy atom. The molecule has 0 saturated heterocycles. The molecule has 18 heavy (non-hydrogen) atoms. The average molecular weight is 294 g/mol. The van der Waals surface area contributed by atoms with E-state index in [1.54, 1.807) is 41.5 Å². The molecule has 0 bridgehead atoms. The van der Waals surface area contributed by atoms with Crippen molar-refractivity contribution in [2.75, 3.05) is 0 Å². The van der Waals surface area contributed by atoms with E-state index in [0.29, 0.717) is 0 Å². The molecule has 0 aromatic heterocycles. The Hall–Kier alpha value is -0.360. The maximum atomic E-state index is 11.7. The van der Waals surface area contributed by atoms with Crippen LogP contribution >= 0.6 is 25.3 Å². The number of hydrogen-bond acceptors (Lipinski definition) is 6. The first-order valence-electron chi connectivity index (χ1n) is 5.65. The van der Waals surface area contributed by atoms with Crippen molar-refractivity contribution in [3.63, 3.8) is 0 Å². The van der Waals surface area contributed by atoms with E-state index in [9.17, 15) is 9.59 Å². The van der Waals surface area contributed by atoms with Gasteiger partial charge in [0, 0.05) is 0 Å². The van der Waals surface area contributed by atoms with Gasteiger partial charge in [-0.25, -0.2) is 0 Å². The predicted molar refractivity (Wildman–Crippen MR) is 77.2 cm³/mol. The van der Waals surface area contributed by atoms with Crippen LogP contribution in [0.25, 0.3) is 0 Å². The number of carbonyl (C=O) groups is 2. The molecule has 0 aliphatic heterocycles. The maximum absolute atomic E-state index is 11.7. The zero-order chi connectivity index (χ0) is 14.7. The normalized spacial score (nSPS) is 15.8. The van der Waals surface area contributed by atoms with Gasteiger partial charge in [-0.15, -0.1) is 0 Å². The minimum Gasteiger partial charge on any atom is -0.459 e. The molecule has 0 aliphatic rings. The number of ether oxygens (including phenoxy) is 2. The molecule has 0 heterocycles. The molecule has 2 unspecified atom stereocenters. The van der Waals surface area contributed by atoms with Crippen molar-refractivity contribution >= 4 is 37.2 Å². The summed E-state index contributed by atoms with van der Waals surface area (Å²) in [6.07, 6.45) is 0. The highest BCUT2D eigenvalue weighted by Crippen LogP contribution is 2.19. The summed E-state index contributed by atoms with van der Waals surface area (Å²) in [5, 5.41) is -1.91. The van der Waals surface area contributed by atoms with Crippen LogP contribution in [0.5, 0.6) is 0 Å². The van der Waals surface area contributed by atoms with Gasteiger partial charge >= 0.3 is 11.9 Å². The van der Waals surface area contributed by atoms with Gasteiger partial charge in [-0.2, -0.15) is 25.3 Å². The molecule has 4 nitrogen and oxygen atoms in total. The van der Waals surface area contributed by atoms with Crippen LogP contribution in [-0.4, -0.2) is 33.6 Å². The zero-order valence-electron chi connectivity index (χ0n) is 11.7. The van der Waals surface area contributed by atoms with Gasteiger partial charge in [0.05, 0.1) is 0 Å². The molecule has 6 heteroatoms. The van der Waals surface area contributed by atoms with E-state index in [1.165, 1.54) is 0 Å². The minimum atomic E-state index is -0.956. The van der Waals surface area contributed by atoms with Crippen LogP contribution in [0.15, 0.2) is 0 Å². The molecule has 0 radical (unpaired) electrons. The molecule has 0 N–H and O–H groups in total. The van der Waals surface area contributed by atoms with Gasteiger partial charge in [-0.3, -0.25) is 9.59 Å². The lowest BCUT2D eigenvalue weighted by molar-refractivity contribution is -0.160. The van der Waals surface area contributed by atoms with E-state index < -0.39 is 33.6 Å². The summed E-state index contributed by atoms with van der Waals surface area (Å²) in [6, 6.07) is 0. The summed E-state index contributed by atoms with van der Waals surface area (Å²) in [4.78, 5) is 23.4. The second-order valence-corrected chi connectivity index (χ2v) is 7.07. The van der Waals surface area contributed by atoms with Crippen LogP contribution in [-0.2, 0) is 19.1 Å². The topological polar surface area (TPSA) is 52.6 Å². The molecule has 0 saturated carbocycles.